The van der Waals surface area contributed by atoms with Gasteiger partial charge in [-0.15, -0.1) is 0 Å². The van der Waals surface area contributed by atoms with Crippen molar-refractivity contribution in [1.29, 1.82) is 0 Å². The van der Waals surface area contributed by atoms with Crippen molar-refractivity contribution in [2.45, 2.75) is 19.3 Å². The van der Waals surface area contributed by atoms with E-state index in [2.05, 4.69) is 0 Å². The molecule has 0 fully saturated rings. The highest BCUT2D eigenvalue weighted by atomic mass is 16.4. The Kier molecular flexibility index (Phi) is 3.80. The second kappa shape index (κ2) is 5.52. The number of carboxylic acids is 2. The Morgan fingerprint density at radius 1 is 0.842 bits per heavy atom. The third kappa shape index (κ3) is 3.10. The van der Waals surface area contributed by atoms with Gasteiger partial charge in [0, 0.05) is 6.42 Å². The summed E-state index contributed by atoms with van der Waals surface area (Å²) in [6.07, 6.45) is 0.491. The molecule has 0 aliphatic carbocycles. The van der Waals surface area contributed by atoms with Crippen LogP contribution < -0.4 is 0 Å². The zero-order valence-corrected chi connectivity index (χ0v) is 10.3. The van der Waals surface area contributed by atoms with Crippen molar-refractivity contribution < 1.29 is 19.8 Å². The van der Waals surface area contributed by atoms with Gasteiger partial charge in [0.25, 0.3) is 0 Å². The van der Waals surface area contributed by atoms with Crippen LogP contribution in [-0.4, -0.2) is 22.2 Å². The van der Waals surface area contributed by atoms with Gasteiger partial charge in [0.2, 0.25) is 0 Å². The summed E-state index contributed by atoms with van der Waals surface area (Å²) in [5.41, 5.74) is 1.69. The molecule has 0 amide bonds. The summed E-state index contributed by atoms with van der Waals surface area (Å²) in [6.45, 7) is 0. The quantitative estimate of drug-likeness (QED) is 0.864. The second-order valence-corrected chi connectivity index (χ2v) is 4.39. The fourth-order valence-electron chi connectivity index (χ4n) is 2.20. The minimum absolute atomic E-state index is 0.0281. The zero-order valence-electron chi connectivity index (χ0n) is 10.3. The average molecular weight is 258 g/mol. The molecular formula is C15H14O4. The first-order valence-electron chi connectivity index (χ1n) is 6.01. The summed E-state index contributed by atoms with van der Waals surface area (Å²) in [6, 6.07) is 11.1. The topological polar surface area (TPSA) is 74.6 Å². The number of aliphatic carboxylic acids is 2. The summed E-state index contributed by atoms with van der Waals surface area (Å²) in [7, 11) is 0. The van der Waals surface area contributed by atoms with Crippen molar-refractivity contribution in [2.24, 2.45) is 0 Å². The van der Waals surface area contributed by atoms with Crippen LogP contribution in [0, 0.1) is 0 Å². The number of benzene rings is 2. The lowest BCUT2D eigenvalue weighted by molar-refractivity contribution is -0.137. The third-order valence-corrected chi connectivity index (χ3v) is 3.05. The average Bonchev–Trinajstić information content (AvgIpc) is 2.37. The van der Waals surface area contributed by atoms with Crippen molar-refractivity contribution in [3.8, 4) is 0 Å². The molecule has 0 aliphatic rings. The van der Waals surface area contributed by atoms with Gasteiger partial charge in [-0.05, 0) is 28.3 Å². The van der Waals surface area contributed by atoms with Crippen molar-refractivity contribution in [3.63, 3.8) is 0 Å². The van der Waals surface area contributed by atoms with Gasteiger partial charge in [0.1, 0.15) is 0 Å². The molecule has 0 saturated carbocycles. The molecule has 0 atom stereocenters. The predicted octanol–water partition coefficient (Wildman–Crippen LogP) is 2.48. The Bertz CT molecular complexity index is 631. The molecule has 0 spiro atoms. The summed E-state index contributed by atoms with van der Waals surface area (Å²) in [4.78, 5) is 21.5. The highest BCUT2D eigenvalue weighted by Crippen LogP contribution is 2.24. The number of aryl methyl sites for hydroxylation is 1. The van der Waals surface area contributed by atoms with E-state index in [0.717, 1.165) is 21.9 Å². The molecule has 0 saturated heterocycles. The number of carbonyl (C=O) groups is 2. The molecule has 98 valence electrons. The van der Waals surface area contributed by atoms with Gasteiger partial charge in [0.15, 0.2) is 0 Å². The zero-order chi connectivity index (χ0) is 13.8. The minimum Gasteiger partial charge on any atom is -0.481 e. The smallest absolute Gasteiger partial charge is 0.307 e. The summed E-state index contributed by atoms with van der Waals surface area (Å²) in [5.74, 6) is -1.71. The second-order valence-electron chi connectivity index (χ2n) is 4.39. The highest BCUT2D eigenvalue weighted by Gasteiger charge is 2.09. The van der Waals surface area contributed by atoms with Crippen LogP contribution in [0.5, 0.6) is 0 Å². The van der Waals surface area contributed by atoms with Crippen LogP contribution in [0.25, 0.3) is 10.8 Å². The molecule has 2 aromatic rings. The standard InChI is InChI=1S/C15H14O4/c16-14(17)8-7-10-5-6-11(9-15(18)19)13-4-2-1-3-12(10)13/h1-6H,7-9H2,(H,16,17)(H,18,19). The summed E-state index contributed by atoms with van der Waals surface area (Å²) >= 11 is 0. The molecule has 0 radical (unpaired) electrons. The first-order valence-corrected chi connectivity index (χ1v) is 6.01. The van der Waals surface area contributed by atoms with E-state index >= 15 is 0 Å². The van der Waals surface area contributed by atoms with E-state index in [0.29, 0.717) is 6.42 Å². The molecule has 19 heavy (non-hydrogen) atoms. The van der Waals surface area contributed by atoms with E-state index in [9.17, 15) is 9.59 Å². The Labute approximate surface area is 110 Å². The number of hydrogen-bond acceptors (Lipinski definition) is 2. The van der Waals surface area contributed by atoms with Gasteiger partial charge in [-0.3, -0.25) is 9.59 Å². The summed E-state index contributed by atoms with van der Waals surface area (Å²) in [5, 5.41) is 19.5. The maximum Gasteiger partial charge on any atom is 0.307 e. The van der Waals surface area contributed by atoms with Crippen molar-refractivity contribution in [1.82, 2.24) is 0 Å². The van der Waals surface area contributed by atoms with E-state index in [4.69, 9.17) is 10.2 Å². The van der Waals surface area contributed by atoms with E-state index in [1.165, 1.54) is 0 Å². The molecule has 0 heterocycles. The monoisotopic (exact) mass is 258 g/mol. The molecule has 0 aliphatic heterocycles. The molecular weight excluding hydrogens is 244 g/mol. The van der Waals surface area contributed by atoms with Gasteiger partial charge < -0.3 is 10.2 Å². The van der Waals surface area contributed by atoms with Crippen LogP contribution in [0.4, 0.5) is 0 Å². The van der Waals surface area contributed by atoms with Gasteiger partial charge in [-0.2, -0.15) is 0 Å². The van der Waals surface area contributed by atoms with Crippen molar-refractivity contribution in [3.05, 3.63) is 47.5 Å². The highest BCUT2D eigenvalue weighted by molar-refractivity contribution is 5.91. The normalized spacial score (nSPS) is 10.5. The Hall–Kier alpha value is -2.36. The molecule has 0 unspecified atom stereocenters. The SMILES string of the molecule is O=C(O)CCc1ccc(CC(=O)O)c2ccccc12. The van der Waals surface area contributed by atoms with Gasteiger partial charge in [0.05, 0.1) is 6.42 Å². The fourth-order valence-corrected chi connectivity index (χ4v) is 2.20. The molecule has 2 aromatic carbocycles. The van der Waals surface area contributed by atoms with Crippen LogP contribution in [0.15, 0.2) is 36.4 Å². The Morgan fingerprint density at radius 2 is 1.42 bits per heavy atom. The van der Waals surface area contributed by atoms with Crippen LogP contribution >= 0.6 is 0 Å². The van der Waals surface area contributed by atoms with Crippen LogP contribution in [0.1, 0.15) is 17.5 Å². The van der Waals surface area contributed by atoms with E-state index < -0.39 is 11.9 Å². The van der Waals surface area contributed by atoms with Gasteiger partial charge in [-0.25, -0.2) is 0 Å². The molecule has 2 rings (SSSR count). The van der Waals surface area contributed by atoms with Gasteiger partial charge in [-0.1, -0.05) is 36.4 Å². The Morgan fingerprint density at radius 3 is 2.00 bits per heavy atom. The number of rotatable bonds is 5. The lowest BCUT2D eigenvalue weighted by Crippen LogP contribution is -2.02. The minimum atomic E-state index is -0.872. The molecule has 4 heteroatoms. The first-order chi connectivity index (χ1) is 9.08. The molecule has 0 bridgehead atoms. The lowest BCUT2D eigenvalue weighted by Gasteiger charge is -2.09. The third-order valence-electron chi connectivity index (χ3n) is 3.05. The predicted molar refractivity (Wildman–Crippen MR) is 71.2 cm³/mol. The lowest BCUT2D eigenvalue weighted by atomic mass is 9.95. The fraction of sp³-hybridized carbons (Fsp3) is 0.200. The van der Waals surface area contributed by atoms with Crippen LogP contribution in [0.3, 0.4) is 0 Å². The maximum atomic E-state index is 10.8. The summed E-state index contributed by atoms with van der Waals surface area (Å²) < 4.78 is 0. The first kappa shape index (κ1) is 13.1. The Balaban J connectivity index is 2.45. The van der Waals surface area contributed by atoms with E-state index in [1.807, 2.05) is 30.3 Å². The molecule has 4 nitrogen and oxygen atoms in total. The molecule has 2 N–H and O–H groups in total. The van der Waals surface area contributed by atoms with E-state index in [1.54, 1.807) is 6.07 Å². The number of hydrogen-bond donors (Lipinski definition) is 2. The van der Waals surface area contributed by atoms with Crippen molar-refractivity contribution >= 4 is 22.7 Å². The largest absolute Gasteiger partial charge is 0.481 e. The van der Waals surface area contributed by atoms with Crippen molar-refractivity contribution in [2.75, 3.05) is 0 Å². The molecule has 0 aromatic heterocycles. The number of carboxylic acid groups (broad SMARTS) is 2. The van der Waals surface area contributed by atoms with Crippen LogP contribution in [0.2, 0.25) is 0 Å². The van der Waals surface area contributed by atoms with E-state index in [-0.39, 0.29) is 12.8 Å². The maximum absolute atomic E-state index is 10.8. The van der Waals surface area contributed by atoms with Crippen LogP contribution in [-0.2, 0) is 22.4 Å². The number of fused-ring (bicyclic) bond motifs is 1. The van der Waals surface area contributed by atoms with Gasteiger partial charge >= 0.3 is 11.9 Å².